The summed E-state index contributed by atoms with van der Waals surface area (Å²) in [5, 5.41) is 3.01. The van der Waals surface area contributed by atoms with E-state index < -0.39 is 0 Å². The Labute approximate surface area is 115 Å². The van der Waals surface area contributed by atoms with Gasteiger partial charge in [-0.1, -0.05) is 30.3 Å². The van der Waals surface area contributed by atoms with Crippen LogP contribution in [0.25, 0.3) is 0 Å². The van der Waals surface area contributed by atoms with Gasteiger partial charge in [0.1, 0.15) is 0 Å². The number of amides is 1. The van der Waals surface area contributed by atoms with E-state index in [1.807, 2.05) is 37.1 Å². The standard InChI is InChI=1S/C15H23N3O/c1-11(16)15(12-6-4-3-5-7-12)18(2)10-14(19)17-13-8-9-13/h3-7,11,13,15H,8-10,16H2,1-2H3,(H,17,19). The van der Waals surface area contributed by atoms with E-state index >= 15 is 0 Å². The summed E-state index contributed by atoms with van der Waals surface area (Å²) >= 11 is 0. The molecule has 0 saturated heterocycles. The molecule has 1 aromatic rings. The van der Waals surface area contributed by atoms with Crippen LogP contribution in [0.15, 0.2) is 30.3 Å². The first-order chi connectivity index (χ1) is 9.08. The molecule has 0 aromatic heterocycles. The lowest BCUT2D eigenvalue weighted by atomic mass is 10.00. The number of nitrogens with two attached hydrogens (primary N) is 1. The van der Waals surface area contributed by atoms with Gasteiger partial charge in [-0.25, -0.2) is 0 Å². The first kappa shape index (κ1) is 14.0. The third kappa shape index (κ3) is 4.04. The number of carbonyl (C=O) groups is 1. The maximum Gasteiger partial charge on any atom is 0.234 e. The zero-order chi connectivity index (χ0) is 13.8. The van der Waals surface area contributed by atoms with Crippen LogP contribution < -0.4 is 11.1 Å². The van der Waals surface area contributed by atoms with Gasteiger partial charge in [-0.2, -0.15) is 0 Å². The average Bonchev–Trinajstić information content (AvgIpc) is 3.13. The number of rotatable bonds is 6. The summed E-state index contributed by atoms with van der Waals surface area (Å²) < 4.78 is 0. The second kappa shape index (κ2) is 6.17. The van der Waals surface area contributed by atoms with E-state index in [2.05, 4.69) is 17.4 Å². The van der Waals surface area contributed by atoms with Crippen LogP contribution in [0.2, 0.25) is 0 Å². The smallest absolute Gasteiger partial charge is 0.234 e. The van der Waals surface area contributed by atoms with Crippen LogP contribution in [-0.2, 0) is 4.79 Å². The van der Waals surface area contributed by atoms with Gasteiger partial charge < -0.3 is 11.1 Å². The predicted octanol–water partition coefficient (Wildman–Crippen LogP) is 1.29. The van der Waals surface area contributed by atoms with Crippen molar-refractivity contribution in [3.8, 4) is 0 Å². The predicted molar refractivity (Wildman–Crippen MR) is 76.6 cm³/mol. The van der Waals surface area contributed by atoms with Crippen LogP contribution >= 0.6 is 0 Å². The molecule has 1 saturated carbocycles. The normalized spacial score (nSPS) is 18.1. The van der Waals surface area contributed by atoms with E-state index in [1.54, 1.807) is 0 Å². The summed E-state index contributed by atoms with van der Waals surface area (Å²) in [5.41, 5.74) is 7.24. The Hall–Kier alpha value is -1.39. The van der Waals surface area contributed by atoms with Crippen molar-refractivity contribution in [3.05, 3.63) is 35.9 Å². The number of nitrogens with zero attached hydrogens (tertiary/aromatic N) is 1. The third-order valence-electron chi connectivity index (χ3n) is 3.45. The molecule has 0 aliphatic heterocycles. The fourth-order valence-electron chi connectivity index (χ4n) is 2.44. The van der Waals surface area contributed by atoms with Gasteiger partial charge in [0, 0.05) is 18.1 Å². The van der Waals surface area contributed by atoms with Gasteiger partial charge in [-0.3, -0.25) is 9.69 Å². The fraction of sp³-hybridized carbons (Fsp3) is 0.533. The Bertz CT molecular complexity index is 415. The molecule has 1 aliphatic rings. The van der Waals surface area contributed by atoms with E-state index in [9.17, 15) is 4.79 Å². The molecule has 0 heterocycles. The molecule has 104 valence electrons. The Morgan fingerprint density at radius 2 is 2.05 bits per heavy atom. The highest BCUT2D eigenvalue weighted by molar-refractivity contribution is 5.78. The molecular formula is C15H23N3O. The lowest BCUT2D eigenvalue weighted by Crippen LogP contribution is -2.43. The molecule has 2 rings (SSSR count). The molecule has 1 aromatic carbocycles. The summed E-state index contributed by atoms with van der Waals surface area (Å²) in [5.74, 6) is 0.0894. The van der Waals surface area contributed by atoms with Crippen molar-refractivity contribution in [1.29, 1.82) is 0 Å². The molecule has 0 spiro atoms. The van der Waals surface area contributed by atoms with Crippen molar-refractivity contribution < 1.29 is 4.79 Å². The maximum atomic E-state index is 11.9. The van der Waals surface area contributed by atoms with Crippen molar-refractivity contribution in [2.24, 2.45) is 5.73 Å². The van der Waals surface area contributed by atoms with Gasteiger partial charge in [-0.15, -0.1) is 0 Å². The van der Waals surface area contributed by atoms with Crippen molar-refractivity contribution in [1.82, 2.24) is 10.2 Å². The Balaban J connectivity index is 1.99. The molecule has 1 aliphatic carbocycles. The van der Waals surface area contributed by atoms with Gasteiger partial charge in [0.05, 0.1) is 6.54 Å². The van der Waals surface area contributed by atoms with Crippen molar-refractivity contribution in [2.45, 2.75) is 37.9 Å². The van der Waals surface area contributed by atoms with Gasteiger partial charge >= 0.3 is 0 Å². The number of hydrogen-bond donors (Lipinski definition) is 2. The number of carbonyl (C=O) groups excluding carboxylic acids is 1. The van der Waals surface area contributed by atoms with Crippen LogP contribution in [0.1, 0.15) is 31.4 Å². The van der Waals surface area contributed by atoms with E-state index in [0.29, 0.717) is 12.6 Å². The fourth-order valence-corrected chi connectivity index (χ4v) is 2.44. The largest absolute Gasteiger partial charge is 0.352 e. The van der Waals surface area contributed by atoms with Crippen LogP contribution in [0.3, 0.4) is 0 Å². The molecule has 2 unspecified atom stereocenters. The van der Waals surface area contributed by atoms with Gasteiger partial charge in [-0.05, 0) is 32.4 Å². The van der Waals surface area contributed by atoms with Crippen LogP contribution in [0.4, 0.5) is 0 Å². The summed E-state index contributed by atoms with van der Waals surface area (Å²) in [6.45, 7) is 2.37. The quantitative estimate of drug-likeness (QED) is 0.811. The van der Waals surface area contributed by atoms with E-state index in [0.717, 1.165) is 18.4 Å². The van der Waals surface area contributed by atoms with Gasteiger partial charge in [0.2, 0.25) is 5.91 Å². The first-order valence-electron chi connectivity index (χ1n) is 6.88. The summed E-state index contributed by atoms with van der Waals surface area (Å²) in [6, 6.07) is 10.6. The number of nitrogens with one attached hydrogen (secondary N) is 1. The SMILES string of the molecule is CC(N)C(c1ccccc1)N(C)CC(=O)NC1CC1. The van der Waals surface area contributed by atoms with Crippen molar-refractivity contribution >= 4 is 5.91 Å². The molecule has 19 heavy (non-hydrogen) atoms. The molecule has 0 bridgehead atoms. The number of hydrogen-bond acceptors (Lipinski definition) is 3. The molecule has 2 atom stereocenters. The monoisotopic (exact) mass is 261 g/mol. The highest BCUT2D eigenvalue weighted by atomic mass is 16.2. The second-order valence-electron chi connectivity index (χ2n) is 5.47. The minimum Gasteiger partial charge on any atom is -0.352 e. The third-order valence-corrected chi connectivity index (χ3v) is 3.45. The molecule has 1 amide bonds. The first-order valence-corrected chi connectivity index (χ1v) is 6.88. The summed E-state index contributed by atoms with van der Waals surface area (Å²) in [6.07, 6.45) is 2.23. The van der Waals surface area contributed by atoms with E-state index in [4.69, 9.17) is 5.73 Å². The highest BCUT2D eigenvalue weighted by Gasteiger charge is 2.26. The zero-order valence-electron chi connectivity index (χ0n) is 11.7. The van der Waals surface area contributed by atoms with E-state index in [1.165, 1.54) is 0 Å². The van der Waals surface area contributed by atoms with Crippen molar-refractivity contribution in [2.75, 3.05) is 13.6 Å². The van der Waals surface area contributed by atoms with Crippen LogP contribution in [0.5, 0.6) is 0 Å². The van der Waals surface area contributed by atoms with E-state index in [-0.39, 0.29) is 18.0 Å². The number of benzene rings is 1. The number of likely N-dealkylation sites (N-methyl/N-ethyl adjacent to an activating group) is 1. The second-order valence-corrected chi connectivity index (χ2v) is 5.47. The molecule has 0 radical (unpaired) electrons. The minimum atomic E-state index is -0.0267. The maximum absolute atomic E-state index is 11.9. The topological polar surface area (TPSA) is 58.4 Å². The van der Waals surface area contributed by atoms with Crippen LogP contribution in [-0.4, -0.2) is 36.5 Å². The van der Waals surface area contributed by atoms with Crippen molar-refractivity contribution in [3.63, 3.8) is 0 Å². The van der Waals surface area contributed by atoms with Gasteiger partial charge in [0.15, 0.2) is 0 Å². The molecule has 1 fully saturated rings. The Morgan fingerprint density at radius 1 is 1.42 bits per heavy atom. The summed E-state index contributed by atoms with van der Waals surface area (Å²) in [4.78, 5) is 13.9. The molecule has 3 N–H and O–H groups in total. The molecular weight excluding hydrogens is 238 g/mol. The minimum absolute atomic E-state index is 0.0267. The zero-order valence-corrected chi connectivity index (χ0v) is 11.7. The lowest BCUT2D eigenvalue weighted by molar-refractivity contribution is -0.122. The molecule has 4 heteroatoms. The Morgan fingerprint density at radius 3 is 2.58 bits per heavy atom. The molecule has 4 nitrogen and oxygen atoms in total. The van der Waals surface area contributed by atoms with Gasteiger partial charge in [0.25, 0.3) is 0 Å². The average molecular weight is 261 g/mol. The Kier molecular flexibility index (Phi) is 4.56. The van der Waals surface area contributed by atoms with Crippen LogP contribution in [0, 0.1) is 0 Å². The lowest BCUT2D eigenvalue weighted by Gasteiger charge is -2.31. The summed E-state index contributed by atoms with van der Waals surface area (Å²) in [7, 11) is 1.95. The highest BCUT2D eigenvalue weighted by Crippen LogP contribution is 2.22.